The molecule has 0 aromatic heterocycles. The van der Waals surface area contributed by atoms with E-state index in [0.29, 0.717) is 17.1 Å². The molecular weight excluding hydrogens is 334 g/mol. The molecule has 2 aromatic rings. The van der Waals surface area contributed by atoms with Crippen molar-refractivity contribution in [2.45, 2.75) is 13.1 Å². The molecule has 2 aromatic carbocycles. The molecule has 0 radical (unpaired) electrons. The van der Waals surface area contributed by atoms with E-state index in [4.69, 9.17) is 11.6 Å². The van der Waals surface area contributed by atoms with Gasteiger partial charge in [0.1, 0.15) is 0 Å². The number of rotatable bonds is 5. The van der Waals surface area contributed by atoms with Gasteiger partial charge < -0.3 is 10.2 Å². The highest BCUT2D eigenvalue weighted by Gasteiger charge is 2.15. The van der Waals surface area contributed by atoms with Gasteiger partial charge in [-0.25, -0.2) is 0 Å². The van der Waals surface area contributed by atoms with E-state index in [1.165, 1.54) is 11.1 Å². The summed E-state index contributed by atoms with van der Waals surface area (Å²) in [5.74, 6) is -0.0777. The lowest BCUT2D eigenvalue weighted by Crippen LogP contribution is -2.44. The van der Waals surface area contributed by atoms with Crippen LogP contribution >= 0.6 is 11.6 Å². The molecule has 0 saturated carbocycles. The molecule has 0 aliphatic carbocycles. The van der Waals surface area contributed by atoms with Gasteiger partial charge in [-0.15, -0.1) is 0 Å². The first-order valence-electron chi connectivity index (χ1n) is 8.63. The molecule has 1 heterocycles. The molecule has 1 N–H and O–H groups in total. The van der Waals surface area contributed by atoms with Crippen LogP contribution in [0.25, 0.3) is 0 Å². The van der Waals surface area contributed by atoms with Gasteiger partial charge in [0.25, 0.3) is 5.91 Å². The molecule has 1 aliphatic rings. The zero-order valence-electron chi connectivity index (χ0n) is 14.5. The van der Waals surface area contributed by atoms with Crippen molar-refractivity contribution in [1.29, 1.82) is 0 Å². The molecule has 1 saturated heterocycles. The number of carbonyl (C=O) groups excluding carboxylic acids is 1. The van der Waals surface area contributed by atoms with Crippen molar-refractivity contribution in [3.63, 3.8) is 0 Å². The SMILES string of the molecule is CN1CCN(Cc2ccccc2CNC(=O)c2ccc(Cl)cc2)CC1. The van der Waals surface area contributed by atoms with Gasteiger partial charge in [0.05, 0.1) is 0 Å². The van der Waals surface area contributed by atoms with Crippen molar-refractivity contribution in [1.82, 2.24) is 15.1 Å². The summed E-state index contributed by atoms with van der Waals surface area (Å²) in [5, 5.41) is 3.64. The molecular formula is C20H24ClN3O. The summed E-state index contributed by atoms with van der Waals surface area (Å²) in [7, 11) is 2.16. The maximum atomic E-state index is 12.3. The summed E-state index contributed by atoms with van der Waals surface area (Å²) in [6, 6.07) is 15.3. The molecule has 132 valence electrons. The van der Waals surface area contributed by atoms with E-state index in [1.54, 1.807) is 24.3 Å². The molecule has 1 fully saturated rings. The van der Waals surface area contributed by atoms with E-state index in [2.05, 4.69) is 40.4 Å². The quantitative estimate of drug-likeness (QED) is 0.893. The maximum Gasteiger partial charge on any atom is 0.251 e. The number of nitrogens with zero attached hydrogens (tertiary/aromatic N) is 2. The highest BCUT2D eigenvalue weighted by molar-refractivity contribution is 6.30. The van der Waals surface area contributed by atoms with Crippen LogP contribution < -0.4 is 5.32 Å². The van der Waals surface area contributed by atoms with Gasteiger partial charge >= 0.3 is 0 Å². The lowest BCUT2D eigenvalue weighted by Gasteiger charge is -2.32. The van der Waals surface area contributed by atoms with Gasteiger partial charge in [-0.2, -0.15) is 0 Å². The average molecular weight is 358 g/mol. The number of carbonyl (C=O) groups is 1. The van der Waals surface area contributed by atoms with Gasteiger partial charge in [0.15, 0.2) is 0 Å². The molecule has 0 atom stereocenters. The topological polar surface area (TPSA) is 35.6 Å². The smallest absolute Gasteiger partial charge is 0.251 e. The summed E-state index contributed by atoms with van der Waals surface area (Å²) >= 11 is 5.87. The Labute approximate surface area is 154 Å². The van der Waals surface area contributed by atoms with Crippen molar-refractivity contribution < 1.29 is 4.79 Å². The highest BCUT2D eigenvalue weighted by Crippen LogP contribution is 2.14. The molecule has 0 spiro atoms. The van der Waals surface area contributed by atoms with Gasteiger partial charge in [-0.05, 0) is 42.4 Å². The fourth-order valence-corrected chi connectivity index (χ4v) is 3.14. The van der Waals surface area contributed by atoms with Crippen molar-refractivity contribution in [3.8, 4) is 0 Å². The second kappa shape index (κ2) is 8.48. The molecule has 0 unspecified atom stereocenters. The van der Waals surface area contributed by atoms with Crippen LogP contribution in [0.4, 0.5) is 0 Å². The van der Waals surface area contributed by atoms with Crippen LogP contribution in [0.1, 0.15) is 21.5 Å². The largest absolute Gasteiger partial charge is 0.348 e. The first kappa shape index (κ1) is 17.9. The minimum Gasteiger partial charge on any atom is -0.348 e. The fraction of sp³-hybridized carbons (Fsp3) is 0.350. The number of halogens is 1. The van der Waals surface area contributed by atoms with Crippen molar-refractivity contribution in [2.24, 2.45) is 0 Å². The lowest BCUT2D eigenvalue weighted by molar-refractivity contribution is 0.0950. The second-order valence-corrected chi connectivity index (χ2v) is 6.97. The van der Waals surface area contributed by atoms with E-state index in [1.807, 2.05) is 6.07 Å². The van der Waals surface area contributed by atoms with Crippen LogP contribution in [-0.4, -0.2) is 48.9 Å². The van der Waals surface area contributed by atoms with Crippen molar-refractivity contribution in [2.75, 3.05) is 33.2 Å². The zero-order valence-corrected chi connectivity index (χ0v) is 15.3. The summed E-state index contributed by atoms with van der Waals surface area (Å²) < 4.78 is 0. The van der Waals surface area contributed by atoms with E-state index < -0.39 is 0 Å². The Kier molecular flexibility index (Phi) is 6.08. The molecule has 5 heteroatoms. The Hall–Kier alpha value is -1.88. The average Bonchev–Trinajstić information content (AvgIpc) is 2.63. The summed E-state index contributed by atoms with van der Waals surface area (Å²) in [6.07, 6.45) is 0. The molecule has 1 amide bonds. The first-order chi connectivity index (χ1) is 12.1. The second-order valence-electron chi connectivity index (χ2n) is 6.54. The summed E-state index contributed by atoms with van der Waals surface area (Å²) in [5.41, 5.74) is 3.08. The Morgan fingerprint density at radius 1 is 1.00 bits per heavy atom. The first-order valence-corrected chi connectivity index (χ1v) is 9.01. The number of hydrogen-bond donors (Lipinski definition) is 1. The van der Waals surface area contributed by atoms with Crippen LogP contribution in [0.5, 0.6) is 0 Å². The number of amides is 1. The van der Waals surface area contributed by atoms with Crippen molar-refractivity contribution in [3.05, 3.63) is 70.2 Å². The van der Waals surface area contributed by atoms with Crippen LogP contribution in [0.3, 0.4) is 0 Å². The fourth-order valence-electron chi connectivity index (χ4n) is 3.01. The van der Waals surface area contributed by atoms with Crippen molar-refractivity contribution >= 4 is 17.5 Å². The van der Waals surface area contributed by atoms with Crippen LogP contribution in [-0.2, 0) is 13.1 Å². The number of likely N-dealkylation sites (N-methyl/N-ethyl adjacent to an activating group) is 1. The molecule has 25 heavy (non-hydrogen) atoms. The zero-order chi connectivity index (χ0) is 17.6. The third-order valence-corrected chi connectivity index (χ3v) is 4.91. The minimum absolute atomic E-state index is 0.0777. The monoisotopic (exact) mass is 357 g/mol. The van der Waals surface area contributed by atoms with Crippen LogP contribution in [0, 0.1) is 0 Å². The van der Waals surface area contributed by atoms with E-state index >= 15 is 0 Å². The van der Waals surface area contributed by atoms with Crippen LogP contribution in [0.15, 0.2) is 48.5 Å². The molecule has 3 rings (SSSR count). The Morgan fingerprint density at radius 3 is 2.32 bits per heavy atom. The predicted octanol–water partition coefficient (Wildman–Crippen LogP) is 3.02. The summed E-state index contributed by atoms with van der Waals surface area (Å²) in [4.78, 5) is 17.1. The Balaban J connectivity index is 1.60. The van der Waals surface area contributed by atoms with Crippen LogP contribution in [0.2, 0.25) is 5.02 Å². The summed E-state index contributed by atoms with van der Waals surface area (Å²) in [6.45, 7) is 5.85. The van der Waals surface area contributed by atoms with E-state index in [9.17, 15) is 4.79 Å². The normalized spacial score (nSPS) is 15.9. The number of hydrogen-bond acceptors (Lipinski definition) is 3. The standard InChI is InChI=1S/C20H24ClN3O/c1-23-10-12-24(13-11-23)15-18-5-3-2-4-17(18)14-22-20(25)16-6-8-19(21)9-7-16/h2-9H,10-15H2,1H3,(H,22,25). The molecule has 1 aliphatic heterocycles. The Morgan fingerprint density at radius 2 is 1.64 bits per heavy atom. The number of piperazine rings is 1. The molecule has 4 nitrogen and oxygen atoms in total. The lowest BCUT2D eigenvalue weighted by atomic mass is 10.1. The molecule has 0 bridgehead atoms. The van der Waals surface area contributed by atoms with Gasteiger partial charge in [0.2, 0.25) is 0 Å². The third-order valence-electron chi connectivity index (χ3n) is 4.65. The Bertz CT molecular complexity index is 709. The number of nitrogens with one attached hydrogen (secondary N) is 1. The van der Waals surface area contributed by atoms with Gasteiger partial charge in [-0.3, -0.25) is 9.69 Å². The van der Waals surface area contributed by atoms with E-state index in [0.717, 1.165) is 32.7 Å². The maximum absolute atomic E-state index is 12.3. The predicted molar refractivity (Wildman–Crippen MR) is 102 cm³/mol. The van der Waals surface area contributed by atoms with Gasteiger partial charge in [-0.1, -0.05) is 35.9 Å². The van der Waals surface area contributed by atoms with E-state index in [-0.39, 0.29) is 5.91 Å². The highest BCUT2D eigenvalue weighted by atomic mass is 35.5. The minimum atomic E-state index is -0.0777. The number of benzene rings is 2. The third kappa shape index (κ3) is 5.05. The van der Waals surface area contributed by atoms with Gasteiger partial charge in [0, 0.05) is 49.9 Å².